The minimum Gasteiger partial charge on any atom is -0.0796 e. The first kappa shape index (κ1) is 12.6. The Morgan fingerprint density at radius 2 is 1.25 bits per heavy atom. The lowest BCUT2D eigenvalue weighted by Crippen LogP contribution is -2.21. The molecule has 0 nitrogen and oxygen atoms in total. The second-order valence-corrected chi connectivity index (χ2v) is 11.0. The van der Waals surface area contributed by atoms with E-state index < -0.39 is 0 Å². The molecule has 0 saturated heterocycles. The average Bonchev–Trinajstić information content (AvgIpc) is 1.77. The average molecular weight is 204 g/mol. The molecule has 0 aromatic heterocycles. The van der Waals surface area contributed by atoms with Crippen LogP contribution in [-0.4, -0.2) is 16.1 Å². The molecule has 0 unspecified atom stereocenters. The molecule has 0 aliphatic rings. The summed E-state index contributed by atoms with van der Waals surface area (Å²) in [7, 11) is 1.61. The lowest BCUT2D eigenvalue weighted by atomic mass is 10.2. The van der Waals surface area contributed by atoms with Crippen LogP contribution in [0, 0.1) is 0 Å². The Morgan fingerprint density at radius 3 is 1.33 bits per heavy atom. The van der Waals surface area contributed by atoms with Crippen molar-refractivity contribution in [3.63, 3.8) is 0 Å². The fourth-order valence-corrected chi connectivity index (χ4v) is 7.18. The van der Waals surface area contributed by atoms with Gasteiger partial charge >= 0.3 is 0 Å². The fourth-order valence-electron chi connectivity index (χ4n) is 1.47. The molecule has 0 radical (unpaired) electrons. The molecule has 2 heteroatoms. The van der Waals surface area contributed by atoms with Crippen molar-refractivity contribution in [1.29, 1.82) is 0 Å². The van der Waals surface area contributed by atoms with E-state index in [4.69, 9.17) is 0 Å². The highest BCUT2D eigenvalue weighted by Gasteiger charge is 2.32. The summed E-state index contributed by atoms with van der Waals surface area (Å²) in [6.45, 7) is 16.3. The first-order valence-corrected chi connectivity index (χ1v) is 7.49. The van der Waals surface area contributed by atoms with Crippen LogP contribution in [-0.2, 0) is 0 Å². The third-order valence-corrected chi connectivity index (χ3v) is 9.49. The molecule has 0 N–H and O–H groups in total. The first-order chi connectivity index (χ1) is 5.19. The van der Waals surface area contributed by atoms with Crippen LogP contribution in [0.25, 0.3) is 0 Å². The highest BCUT2D eigenvalue weighted by atomic mass is 32.0. The topological polar surface area (TPSA) is 0 Å². The maximum Gasteiger partial charge on any atom is -0.00985 e. The predicted octanol–water partition coefficient (Wildman–Crippen LogP) is 4.75. The molecule has 0 amide bonds. The highest BCUT2D eigenvalue weighted by Crippen LogP contribution is 2.67. The molecule has 0 atom stereocenters. The standard InChI is InChI=1S/C10H22P2/c1-8-11-12(9(2,3)4)10(5,6)7/h8H,1-7H3. The van der Waals surface area contributed by atoms with E-state index in [2.05, 4.69) is 54.3 Å². The molecule has 0 aliphatic heterocycles. The first-order valence-electron chi connectivity index (χ1n) is 4.48. The van der Waals surface area contributed by atoms with Gasteiger partial charge in [-0.05, 0) is 24.8 Å². The van der Waals surface area contributed by atoms with E-state index in [0.717, 1.165) is 0 Å². The minimum absolute atomic E-state index is 0.0738. The Balaban J connectivity index is 4.69. The van der Waals surface area contributed by atoms with Crippen LogP contribution in [0.1, 0.15) is 48.5 Å². The summed E-state index contributed by atoms with van der Waals surface area (Å²) in [6, 6.07) is 0. The maximum atomic E-state index is 2.36. The van der Waals surface area contributed by atoms with Gasteiger partial charge in [0.2, 0.25) is 0 Å². The second-order valence-electron chi connectivity index (χ2n) is 5.03. The van der Waals surface area contributed by atoms with Gasteiger partial charge in [0, 0.05) is 0 Å². The highest BCUT2D eigenvalue weighted by molar-refractivity contribution is 8.21. The van der Waals surface area contributed by atoms with Crippen molar-refractivity contribution in [1.82, 2.24) is 0 Å². The summed E-state index contributed by atoms with van der Waals surface area (Å²) in [4.78, 5) is 0. The monoisotopic (exact) mass is 204 g/mol. The molecule has 12 heavy (non-hydrogen) atoms. The molecule has 0 spiro atoms. The van der Waals surface area contributed by atoms with E-state index in [1.165, 1.54) is 7.89 Å². The smallest absolute Gasteiger partial charge is 0.00985 e. The summed E-state index contributed by atoms with van der Waals surface area (Å²) < 4.78 is 0. The van der Waals surface area contributed by atoms with Gasteiger partial charge in [-0.1, -0.05) is 55.2 Å². The Morgan fingerprint density at radius 1 is 0.917 bits per heavy atom. The van der Waals surface area contributed by atoms with Crippen LogP contribution >= 0.6 is 15.5 Å². The molecule has 0 heterocycles. The summed E-state index contributed by atoms with van der Waals surface area (Å²) >= 11 is 0. The molecular formula is C10H22P2. The van der Waals surface area contributed by atoms with Crippen LogP contribution in [0.3, 0.4) is 0 Å². The van der Waals surface area contributed by atoms with Crippen molar-refractivity contribution in [2.75, 3.05) is 0 Å². The SMILES string of the molecule is CC=PP(C(C)(C)C)C(C)(C)C. The van der Waals surface area contributed by atoms with Crippen LogP contribution in [0.2, 0.25) is 0 Å². The maximum absolute atomic E-state index is 2.36. The summed E-state index contributed by atoms with van der Waals surface area (Å²) in [5.41, 5.74) is 0. The van der Waals surface area contributed by atoms with E-state index >= 15 is 0 Å². The van der Waals surface area contributed by atoms with Crippen molar-refractivity contribution >= 4 is 21.3 Å². The Bertz CT molecular complexity index is 144. The zero-order chi connectivity index (χ0) is 9.99. The number of rotatable bonds is 1. The van der Waals surface area contributed by atoms with E-state index in [-0.39, 0.29) is 7.61 Å². The fraction of sp³-hybridized carbons (Fsp3) is 0.900. The zero-order valence-corrected chi connectivity index (χ0v) is 11.3. The minimum atomic E-state index is 0.0738. The summed E-state index contributed by atoms with van der Waals surface area (Å²) in [5.74, 6) is 2.29. The van der Waals surface area contributed by atoms with Gasteiger partial charge < -0.3 is 0 Å². The largest absolute Gasteiger partial charge is 0.0796 e. The van der Waals surface area contributed by atoms with Crippen molar-refractivity contribution < 1.29 is 0 Å². The lowest BCUT2D eigenvalue weighted by Gasteiger charge is -2.38. The van der Waals surface area contributed by atoms with Crippen LogP contribution in [0.15, 0.2) is 0 Å². The van der Waals surface area contributed by atoms with E-state index in [0.29, 0.717) is 10.3 Å². The molecule has 0 bridgehead atoms. The Hall–Kier alpha value is 0.600. The summed E-state index contributed by atoms with van der Waals surface area (Å²) in [5, 5.41) is 0.948. The van der Waals surface area contributed by atoms with Crippen molar-refractivity contribution in [2.24, 2.45) is 0 Å². The van der Waals surface area contributed by atoms with Gasteiger partial charge in [0.15, 0.2) is 0 Å². The predicted molar refractivity (Wildman–Crippen MR) is 65.1 cm³/mol. The van der Waals surface area contributed by atoms with Crippen molar-refractivity contribution in [3.8, 4) is 0 Å². The normalized spacial score (nSPS) is 14.7. The van der Waals surface area contributed by atoms with Gasteiger partial charge in [0.05, 0.1) is 0 Å². The van der Waals surface area contributed by atoms with Crippen molar-refractivity contribution in [2.45, 2.75) is 58.8 Å². The van der Waals surface area contributed by atoms with Crippen LogP contribution < -0.4 is 0 Å². The second kappa shape index (κ2) is 4.21. The van der Waals surface area contributed by atoms with Gasteiger partial charge in [-0.2, -0.15) is 0 Å². The molecule has 0 aromatic carbocycles. The third kappa shape index (κ3) is 4.01. The number of hydrogen-bond acceptors (Lipinski definition) is 0. The number of hydrogen-bond donors (Lipinski definition) is 0. The van der Waals surface area contributed by atoms with Gasteiger partial charge in [-0.15, -0.1) is 0 Å². The van der Waals surface area contributed by atoms with Crippen LogP contribution in [0.4, 0.5) is 0 Å². The molecule has 0 fully saturated rings. The van der Waals surface area contributed by atoms with Gasteiger partial charge in [-0.25, -0.2) is 0 Å². The molecule has 0 aliphatic carbocycles. The molecule has 72 valence electrons. The Kier molecular flexibility index (Phi) is 4.42. The molecule has 0 rings (SSSR count). The van der Waals surface area contributed by atoms with E-state index in [9.17, 15) is 0 Å². The molecule has 0 saturated carbocycles. The van der Waals surface area contributed by atoms with Gasteiger partial charge in [-0.3, -0.25) is 0 Å². The molecular weight excluding hydrogens is 182 g/mol. The lowest BCUT2D eigenvalue weighted by molar-refractivity contribution is 0.720. The Labute approximate surface area is 80.6 Å². The third-order valence-electron chi connectivity index (χ3n) is 1.50. The molecule has 0 aromatic rings. The van der Waals surface area contributed by atoms with E-state index in [1.807, 2.05) is 0 Å². The van der Waals surface area contributed by atoms with Gasteiger partial charge in [0.1, 0.15) is 0 Å². The van der Waals surface area contributed by atoms with Crippen molar-refractivity contribution in [3.05, 3.63) is 0 Å². The quantitative estimate of drug-likeness (QED) is 0.541. The zero-order valence-electron chi connectivity index (χ0n) is 9.47. The van der Waals surface area contributed by atoms with Gasteiger partial charge in [0.25, 0.3) is 0 Å². The summed E-state index contributed by atoms with van der Waals surface area (Å²) in [6.07, 6.45) is 0. The van der Waals surface area contributed by atoms with E-state index in [1.54, 1.807) is 0 Å². The van der Waals surface area contributed by atoms with Crippen LogP contribution in [0.5, 0.6) is 0 Å².